The van der Waals surface area contributed by atoms with Crippen LogP contribution in [0.4, 0.5) is 0 Å². The van der Waals surface area contributed by atoms with Gasteiger partial charge < -0.3 is 0 Å². The van der Waals surface area contributed by atoms with Crippen molar-refractivity contribution in [2.45, 2.75) is 32.6 Å². The van der Waals surface area contributed by atoms with Crippen LogP contribution in [0.1, 0.15) is 32.6 Å². The van der Waals surface area contributed by atoms with Gasteiger partial charge in [0.15, 0.2) is 0 Å². The average Bonchev–Trinajstić information content (AvgIpc) is 2.87. The van der Waals surface area contributed by atoms with E-state index in [0.717, 1.165) is 5.92 Å². The van der Waals surface area contributed by atoms with E-state index in [2.05, 4.69) is 31.2 Å². The lowest BCUT2D eigenvalue weighted by molar-refractivity contribution is 0.678. The zero-order valence-electron chi connectivity index (χ0n) is 9.16. The fourth-order valence-corrected chi connectivity index (χ4v) is 2.83. The molecule has 1 heteroatoms. The first kappa shape index (κ1) is 9.02. The van der Waals surface area contributed by atoms with Crippen molar-refractivity contribution in [1.29, 1.82) is 0 Å². The highest BCUT2D eigenvalue weighted by Crippen LogP contribution is 2.31. The van der Waals surface area contributed by atoms with E-state index >= 15 is 0 Å². The molecule has 1 aromatic carbocycles. The van der Waals surface area contributed by atoms with Crippen molar-refractivity contribution in [3.63, 3.8) is 0 Å². The van der Waals surface area contributed by atoms with Crippen LogP contribution < -0.4 is 15.8 Å². The van der Waals surface area contributed by atoms with E-state index in [4.69, 9.17) is 5.32 Å². The Labute approximate surface area is 90.5 Å². The lowest BCUT2D eigenvalue weighted by atomic mass is 10.0. The van der Waals surface area contributed by atoms with E-state index in [1.807, 2.05) is 0 Å². The van der Waals surface area contributed by atoms with E-state index in [1.165, 1.54) is 47.5 Å². The van der Waals surface area contributed by atoms with Crippen LogP contribution in [0.15, 0.2) is 24.3 Å². The molecule has 1 nitrogen and oxygen atoms in total. The van der Waals surface area contributed by atoms with Crippen molar-refractivity contribution in [1.82, 2.24) is 5.32 Å². The summed E-state index contributed by atoms with van der Waals surface area (Å²) < 4.78 is 0. The highest BCUT2D eigenvalue weighted by Gasteiger charge is 2.23. The summed E-state index contributed by atoms with van der Waals surface area (Å²) in [5, 5.41) is 7.51. The Morgan fingerprint density at radius 1 is 1.07 bits per heavy atom. The normalized spacial score (nSPS) is 20.6. The molecule has 0 bridgehead atoms. The predicted octanol–water partition coefficient (Wildman–Crippen LogP) is 1.73. The summed E-state index contributed by atoms with van der Waals surface area (Å²) in [4.78, 5) is 0. The maximum absolute atomic E-state index is 4.77. The second kappa shape index (κ2) is 3.41. The van der Waals surface area contributed by atoms with Gasteiger partial charge in [0.1, 0.15) is 0 Å². The Balaban J connectivity index is 2.18. The molecule has 0 unspecified atom stereocenters. The molecule has 1 radical (unpaired) electrons. The smallest absolute Gasteiger partial charge is 0.0516 e. The molecule has 2 aliphatic rings. The van der Waals surface area contributed by atoms with Crippen molar-refractivity contribution in [3.05, 3.63) is 34.7 Å². The lowest BCUT2D eigenvalue weighted by Crippen LogP contribution is -2.24. The molecule has 1 heterocycles. The minimum absolute atomic E-state index is 0.726. The monoisotopic (exact) mass is 198 g/mol. The summed E-state index contributed by atoms with van der Waals surface area (Å²) in [6.45, 7) is 2.13. The summed E-state index contributed by atoms with van der Waals surface area (Å²) in [6.07, 6.45) is 5.43. The third-order valence-electron chi connectivity index (χ3n) is 3.62. The lowest BCUT2D eigenvalue weighted by Gasteiger charge is -2.10. The topological polar surface area (TPSA) is 14.1 Å². The highest BCUT2D eigenvalue weighted by atomic mass is 14.9. The molecule has 77 valence electrons. The highest BCUT2D eigenvalue weighted by molar-refractivity contribution is 5.63. The van der Waals surface area contributed by atoms with Gasteiger partial charge >= 0.3 is 0 Å². The number of fused-ring (bicyclic) bond motifs is 1. The van der Waals surface area contributed by atoms with Crippen LogP contribution >= 0.6 is 0 Å². The van der Waals surface area contributed by atoms with Crippen molar-refractivity contribution in [3.8, 4) is 0 Å². The fourth-order valence-electron chi connectivity index (χ4n) is 2.83. The first-order valence-electron chi connectivity index (χ1n) is 5.88. The minimum atomic E-state index is 0.726. The molecule has 0 atom stereocenters. The second-order valence-electron chi connectivity index (χ2n) is 4.61. The molecule has 0 spiro atoms. The predicted molar refractivity (Wildman–Crippen MR) is 62.3 cm³/mol. The van der Waals surface area contributed by atoms with E-state index in [-0.39, 0.29) is 0 Å². The largest absolute Gasteiger partial charge is 0.257 e. The van der Waals surface area contributed by atoms with Gasteiger partial charge in [0.05, 0.1) is 5.70 Å². The van der Waals surface area contributed by atoms with Gasteiger partial charge in [-0.1, -0.05) is 37.1 Å². The van der Waals surface area contributed by atoms with E-state index in [0.29, 0.717) is 0 Å². The van der Waals surface area contributed by atoms with Crippen molar-refractivity contribution in [2.75, 3.05) is 0 Å². The molecule has 0 N–H and O–H groups in total. The maximum Gasteiger partial charge on any atom is 0.0516 e. The molecule has 1 fully saturated rings. The molecule has 3 rings (SSSR count). The fraction of sp³-hybridized carbons (Fsp3) is 0.429. The average molecular weight is 198 g/mol. The Morgan fingerprint density at radius 2 is 1.73 bits per heavy atom. The van der Waals surface area contributed by atoms with Gasteiger partial charge in [-0.2, -0.15) is 0 Å². The standard InChI is InChI=1S/C14H16N/c1-10-12-8-4-5-9-13(12)14(15-10)11-6-2-3-7-11/h4-5,8-9,11H,2-3,6-7H2,1H3. The molecule has 0 saturated heterocycles. The van der Waals surface area contributed by atoms with Crippen LogP contribution in [0.25, 0.3) is 11.4 Å². The van der Waals surface area contributed by atoms with E-state index in [1.54, 1.807) is 0 Å². The third kappa shape index (κ3) is 1.38. The van der Waals surface area contributed by atoms with E-state index < -0.39 is 0 Å². The molecular weight excluding hydrogens is 182 g/mol. The van der Waals surface area contributed by atoms with Gasteiger partial charge in [0.25, 0.3) is 0 Å². The molecule has 15 heavy (non-hydrogen) atoms. The molecule has 0 amide bonds. The van der Waals surface area contributed by atoms with Crippen molar-refractivity contribution < 1.29 is 0 Å². The molecular formula is C14H16N. The third-order valence-corrected chi connectivity index (χ3v) is 3.62. The van der Waals surface area contributed by atoms with Crippen LogP contribution in [0.5, 0.6) is 0 Å². The summed E-state index contributed by atoms with van der Waals surface area (Å²) in [7, 11) is 0. The number of benzene rings is 1. The summed E-state index contributed by atoms with van der Waals surface area (Å²) in [5.41, 5.74) is 2.56. The maximum atomic E-state index is 4.77. The Morgan fingerprint density at radius 3 is 2.47 bits per heavy atom. The molecule has 1 aliphatic carbocycles. The molecule has 1 aromatic rings. The quantitative estimate of drug-likeness (QED) is 0.652. The van der Waals surface area contributed by atoms with Gasteiger partial charge in [-0.25, -0.2) is 0 Å². The molecule has 1 aliphatic heterocycles. The van der Waals surface area contributed by atoms with Crippen molar-refractivity contribution >= 4 is 11.4 Å². The Bertz CT molecular complexity index is 492. The summed E-state index contributed by atoms with van der Waals surface area (Å²) in [6, 6.07) is 8.65. The zero-order valence-corrected chi connectivity index (χ0v) is 9.16. The van der Waals surface area contributed by atoms with Crippen LogP contribution in [0.3, 0.4) is 0 Å². The molecule has 0 aromatic heterocycles. The van der Waals surface area contributed by atoms with Gasteiger partial charge in [0.2, 0.25) is 0 Å². The Kier molecular flexibility index (Phi) is 2.05. The van der Waals surface area contributed by atoms with Gasteiger partial charge in [-0.05, 0) is 19.8 Å². The number of nitrogens with zero attached hydrogens (tertiary/aromatic N) is 1. The van der Waals surface area contributed by atoms with Crippen molar-refractivity contribution in [2.24, 2.45) is 5.92 Å². The van der Waals surface area contributed by atoms with Gasteiger partial charge in [-0.15, -0.1) is 0 Å². The first-order chi connectivity index (χ1) is 7.36. The molecule has 1 saturated carbocycles. The van der Waals surface area contributed by atoms with Gasteiger partial charge in [0, 0.05) is 22.1 Å². The summed E-state index contributed by atoms with van der Waals surface area (Å²) in [5.74, 6) is 0.726. The minimum Gasteiger partial charge on any atom is -0.257 e. The second-order valence-corrected chi connectivity index (χ2v) is 4.61. The van der Waals surface area contributed by atoms with Crippen LogP contribution in [-0.2, 0) is 0 Å². The Hall–Kier alpha value is -1.24. The number of rotatable bonds is 1. The summed E-state index contributed by atoms with van der Waals surface area (Å²) >= 11 is 0. The first-order valence-corrected chi connectivity index (χ1v) is 5.88. The van der Waals surface area contributed by atoms with Gasteiger partial charge in [-0.3, -0.25) is 5.32 Å². The van der Waals surface area contributed by atoms with E-state index in [9.17, 15) is 0 Å². The number of hydrogen-bond donors (Lipinski definition) is 0. The van der Waals surface area contributed by atoms with Crippen LogP contribution in [0.2, 0.25) is 0 Å². The van der Waals surface area contributed by atoms with Crippen LogP contribution in [-0.4, -0.2) is 0 Å². The van der Waals surface area contributed by atoms with Crippen LogP contribution in [0, 0.1) is 5.92 Å². The number of hydrogen-bond acceptors (Lipinski definition) is 0. The SMILES string of the molecule is CC1=c2ccccc2=C(C2CCCC2)[N]1. The zero-order chi connectivity index (χ0) is 10.3.